The minimum atomic E-state index is -3.03. The Balaban J connectivity index is 0.782. The molecular formula is C46H51F2N5O3. The van der Waals surface area contributed by atoms with E-state index in [2.05, 4.69) is 56.4 Å². The van der Waals surface area contributed by atoms with Crippen LogP contribution in [0.5, 0.6) is 5.75 Å². The normalized spacial score (nSPS) is 24.0. The maximum atomic E-state index is 15.6. The first-order valence-electron chi connectivity index (χ1n) is 20.4. The number of amides is 3. The number of halogens is 2. The number of hydrogen-bond acceptors (Lipinski definition) is 6. The number of carbonyl (C=O) groups is 2. The van der Waals surface area contributed by atoms with Crippen LogP contribution in [0.15, 0.2) is 97.1 Å². The van der Waals surface area contributed by atoms with Gasteiger partial charge in [0.25, 0.3) is 5.92 Å². The Morgan fingerprint density at radius 2 is 1.36 bits per heavy atom. The number of nitrogens with one attached hydrogen (secondary N) is 1. The first kappa shape index (κ1) is 36.7. The molecule has 0 unspecified atom stereocenters. The van der Waals surface area contributed by atoms with Crippen molar-refractivity contribution in [2.45, 2.75) is 62.7 Å². The summed E-state index contributed by atoms with van der Waals surface area (Å²) < 4.78 is 31.1. The number of fused-ring (bicyclic) bond motifs is 1. The summed E-state index contributed by atoms with van der Waals surface area (Å²) in [6.45, 7) is 8.05. The van der Waals surface area contributed by atoms with Crippen molar-refractivity contribution >= 4 is 29.0 Å². The lowest BCUT2D eigenvalue weighted by atomic mass is 9.68. The van der Waals surface area contributed by atoms with Crippen LogP contribution in [0.4, 0.5) is 30.6 Å². The number of piperidine rings is 2. The number of alkyl halides is 2. The standard InChI is InChI=1S/C46H51F2N5O3/c47-46(48)29-40(33-4-2-1-3-5-33)43(39-15-14-38(54)28-41(39)46)34-6-8-35(9-7-34)51-22-16-32(17-23-51)30-50-25-19-45(31-50)20-26-52(27-21-45)36-10-12-37(13-11-36)53-24-18-42(55)49-44(53)56/h1-15,28,32,40,43,54H,16-27,29-31H2,(H,49,55,56)/t40-,43-/m1/s1. The average molecular weight is 760 g/mol. The Hall–Kier alpha value is -4.96. The van der Waals surface area contributed by atoms with Crippen LogP contribution in [0.25, 0.3) is 0 Å². The van der Waals surface area contributed by atoms with Gasteiger partial charge in [0.1, 0.15) is 5.75 Å². The van der Waals surface area contributed by atoms with Gasteiger partial charge in [-0.3, -0.25) is 15.0 Å². The summed E-state index contributed by atoms with van der Waals surface area (Å²) in [6, 6.07) is 30.6. The molecule has 4 aromatic rings. The summed E-state index contributed by atoms with van der Waals surface area (Å²) in [5.74, 6) is -3.31. The fraction of sp³-hybridized carbons (Fsp3) is 0.435. The van der Waals surface area contributed by atoms with Crippen molar-refractivity contribution in [1.82, 2.24) is 10.2 Å². The lowest BCUT2D eigenvalue weighted by Crippen LogP contribution is -2.49. The molecule has 4 aliphatic heterocycles. The molecule has 3 amide bonds. The third-order valence-corrected chi connectivity index (χ3v) is 13.5. The Morgan fingerprint density at radius 1 is 0.714 bits per heavy atom. The number of hydrogen-bond donors (Lipinski definition) is 2. The first-order valence-corrected chi connectivity index (χ1v) is 20.4. The largest absolute Gasteiger partial charge is 0.508 e. The molecule has 10 heteroatoms. The highest BCUT2D eigenvalue weighted by Crippen LogP contribution is 2.55. The van der Waals surface area contributed by atoms with Gasteiger partial charge in [0.05, 0.1) is 0 Å². The molecule has 2 atom stereocenters. The van der Waals surface area contributed by atoms with Crippen LogP contribution < -0.4 is 20.0 Å². The van der Waals surface area contributed by atoms with E-state index < -0.39 is 5.92 Å². The lowest BCUT2D eigenvalue weighted by molar-refractivity contribution is -0.120. The van der Waals surface area contributed by atoms with Gasteiger partial charge in [0.2, 0.25) is 5.91 Å². The molecule has 1 spiro atoms. The molecule has 2 N–H and O–H groups in total. The van der Waals surface area contributed by atoms with Crippen molar-refractivity contribution in [3.63, 3.8) is 0 Å². The second-order valence-electron chi connectivity index (χ2n) is 16.9. The van der Waals surface area contributed by atoms with Gasteiger partial charge in [-0.2, -0.15) is 0 Å². The van der Waals surface area contributed by atoms with Gasteiger partial charge in [-0.1, -0.05) is 48.5 Å². The van der Waals surface area contributed by atoms with Crippen molar-refractivity contribution in [3.05, 3.63) is 119 Å². The van der Waals surface area contributed by atoms with Crippen LogP contribution in [0, 0.1) is 11.3 Å². The molecule has 0 bridgehead atoms. The van der Waals surface area contributed by atoms with Gasteiger partial charge in [0, 0.05) is 93.1 Å². The van der Waals surface area contributed by atoms with E-state index in [1.54, 1.807) is 11.0 Å². The number of aromatic hydroxyl groups is 1. The highest BCUT2D eigenvalue weighted by atomic mass is 19.3. The van der Waals surface area contributed by atoms with E-state index in [4.69, 9.17) is 0 Å². The summed E-state index contributed by atoms with van der Waals surface area (Å²) in [5, 5.41) is 12.5. The Morgan fingerprint density at radius 3 is 2.05 bits per heavy atom. The number of anilines is 3. The van der Waals surface area contributed by atoms with Gasteiger partial charge in [-0.25, -0.2) is 13.6 Å². The number of urea groups is 1. The minimum absolute atomic E-state index is 0.0653. The highest BCUT2D eigenvalue weighted by Gasteiger charge is 2.47. The molecule has 4 heterocycles. The van der Waals surface area contributed by atoms with Gasteiger partial charge in [-0.15, -0.1) is 0 Å². The van der Waals surface area contributed by atoms with E-state index >= 15 is 8.78 Å². The topological polar surface area (TPSA) is 79.4 Å². The zero-order valence-electron chi connectivity index (χ0n) is 31.9. The first-order chi connectivity index (χ1) is 27.1. The SMILES string of the molecule is O=C1CCN(c2ccc(N3CCC4(CCN(CC5CCN(c6ccc([C@@H]7c8ccc(O)cc8C(F)(F)C[C@@H]7c7ccccc7)cc6)CC5)C4)CC3)cc2)C(=O)N1. The second-order valence-corrected chi connectivity index (χ2v) is 16.9. The van der Waals surface area contributed by atoms with Crippen LogP contribution in [0.3, 0.4) is 0 Å². The predicted octanol–water partition coefficient (Wildman–Crippen LogP) is 8.46. The molecule has 4 saturated heterocycles. The number of phenols is 1. The van der Waals surface area contributed by atoms with Gasteiger partial charge < -0.3 is 19.8 Å². The van der Waals surface area contributed by atoms with Crippen LogP contribution in [-0.2, 0) is 10.7 Å². The van der Waals surface area contributed by atoms with Crippen LogP contribution in [0.1, 0.15) is 79.0 Å². The minimum Gasteiger partial charge on any atom is -0.508 e. The second kappa shape index (κ2) is 14.8. The summed E-state index contributed by atoms with van der Waals surface area (Å²) >= 11 is 0. The number of nitrogens with zero attached hydrogens (tertiary/aromatic N) is 4. The van der Waals surface area contributed by atoms with E-state index in [-0.39, 0.29) is 41.5 Å². The van der Waals surface area contributed by atoms with Crippen molar-refractivity contribution in [2.24, 2.45) is 11.3 Å². The third kappa shape index (κ3) is 7.24. The lowest BCUT2D eigenvalue weighted by Gasteiger charge is -2.41. The molecule has 292 valence electrons. The summed E-state index contributed by atoms with van der Waals surface area (Å²) in [5.41, 5.74) is 6.05. The fourth-order valence-corrected chi connectivity index (χ4v) is 10.4. The molecule has 4 fully saturated rings. The van der Waals surface area contributed by atoms with E-state index in [0.29, 0.717) is 29.9 Å². The van der Waals surface area contributed by atoms with E-state index in [0.717, 1.165) is 62.4 Å². The average Bonchev–Trinajstić information content (AvgIpc) is 3.60. The molecule has 0 saturated carbocycles. The fourth-order valence-electron chi connectivity index (χ4n) is 10.4. The molecule has 5 aliphatic rings. The van der Waals surface area contributed by atoms with Crippen molar-refractivity contribution < 1.29 is 23.5 Å². The van der Waals surface area contributed by atoms with E-state index in [9.17, 15) is 14.7 Å². The van der Waals surface area contributed by atoms with Crippen LogP contribution in [-0.4, -0.2) is 74.3 Å². The van der Waals surface area contributed by atoms with Crippen molar-refractivity contribution in [2.75, 3.05) is 67.1 Å². The maximum absolute atomic E-state index is 15.6. The Bertz CT molecular complexity index is 2040. The Labute approximate surface area is 328 Å². The molecule has 0 aromatic heterocycles. The number of phenolic OH excluding ortho intramolecular Hbond substituents is 1. The van der Waals surface area contributed by atoms with Gasteiger partial charge >= 0.3 is 6.03 Å². The number of rotatable bonds is 7. The molecular weight excluding hydrogens is 709 g/mol. The van der Waals surface area contributed by atoms with Crippen molar-refractivity contribution in [1.29, 1.82) is 0 Å². The van der Waals surface area contributed by atoms with Crippen molar-refractivity contribution in [3.8, 4) is 5.75 Å². The molecule has 9 rings (SSSR count). The summed E-state index contributed by atoms with van der Waals surface area (Å²) in [4.78, 5) is 33.1. The number of likely N-dealkylation sites (tertiary alicyclic amines) is 1. The van der Waals surface area contributed by atoms with Gasteiger partial charge in [-0.05, 0) is 115 Å². The monoisotopic (exact) mass is 759 g/mol. The summed E-state index contributed by atoms with van der Waals surface area (Å²) in [6.07, 6.45) is 6.00. The van der Waals surface area contributed by atoms with Crippen LogP contribution >= 0.6 is 0 Å². The predicted molar refractivity (Wildman–Crippen MR) is 216 cm³/mol. The third-order valence-electron chi connectivity index (χ3n) is 13.5. The number of benzene rings is 4. The zero-order chi connectivity index (χ0) is 38.4. The number of imide groups is 1. The summed E-state index contributed by atoms with van der Waals surface area (Å²) in [7, 11) is 0. The molecule has 8 nitrogen and oxygen atoms in total. The van der Waals surface area contributed by atoms with Gasteiger partial charge in [0.15, 0.2) is 0 Å². The number of carbonyl (C=O) groups excluding carboxylic acids is 2. The van der Waals surface area contributed by atoms with Crippen LogP contribution in [0.2, 0.25) is 0 Å². The van der Waals surface area contributed by atoms with E-state index in [1.165, 1.54) is 55.9 Å². The molecule has 1 aliphatic carbocycles. The molecule has 0 radical (unpaired) electrons. The molecule has 4 aromatic carbocycles. The molecule has 56 heavy (non-hydrogen) atoms. The van der Waals surface area contributed by atoms with E-state index in [1.807, 2.05) is 42.5 Å². The Kier molecular flexibility index (Phi) is 9.72. The highest BCUT2D eigenvalue weighted by molar-refractivity contribution is 6.05. The smallest absolute Gasteiger partial charge is 0.328 e. The zero-order valence-corrected chi connectivity index (χ0v) is 31.9. The maximum Gasteiger partial charge on any atom is 0.328 e. The quantitative estimate of drug-likeness (QED) is 0.197.